The van der Waals surface area contributed by atoms with Crippen LogP contribution in [0.15, 0.2) is 83.2 Å². The van der Waals surface area contributed by atoms with Crippen LogP contribution in [0, 0.1) is 0 Å². The number of fused-ring (bicyclic) bond motifs is 3. The quantitative estimate of drug-likeness (QED) is 0.0593. The minimum absolute atomic E-state index is 0.0771. The Morgan fingerprint density at radius 3 is 2.65 bits per heavy atom. The van der Waals surface area contributed by atoms with Crippen molar-refractivity contribution in [2.75, 3.05) is 30.7 Å². The van der Waals surface area contributed by atoms with Crippen molar-refractivity contribution in [2.24, 2.45) is 0 Å². The molecule has 1 unspecified atom stereocenters. The van der Waals surface area contributed by atoms with Crippen LogP contribution in [-0.2, 0) is 16.1 Å². The molecule has 0 saturated heterocycles. The van der Waals surface area contributed by atoms with Crippen LogP contribution in [-0.4, -0.2) is 58.4 Å². The number of aliphatic carboxylic acids is 1. The zero-order valence-electron chi connectivity index (χ0n) is 29.4. The number of aromatic nitrogens is 2. The van der Waals surface area contributed by atoms with E-state index in [2.05, 4.69) is 52.1 Å². The molecule has 0 saturated carbocycles. The SMILES string of the molecule is CCCCNc1cc(N)c2[nH]c(=O)n(Cc3ccc(C(=O)NCCCC[C@H](NC(=O)OCC4C5=C(CCC=C5)c5ccccc54)C(=O)O)cc3)c2c1. The summed E-state index contributed by atoms with van der Waals surface area (Å²) in [4.78, 5) is 53.0. The topological polar surface area (TPSA) is 181 Å². The molecule has 0 spiro atoms. The van der Waals surface area contributed by atoms with Crippen LogP contribution in [0.2, 0.25) is 0 Å². The number of carbonyl (C=O) groups excluding carboxylic acids is 2. The van der Waals surface area contributed by atoms with Crippen molar-refractivity contribution in [3.8, 4) is 0 Å². The molecule has 12 nitrogen and oxygen atoms in total. The molecule has 2 aliphatic carbocycles. The molecule has 272 valence electrons. The molecule has 2 atom stereocenters. The van der Waals surface area contributed by atoms with Crippen molar-refractivity contribution in [3.63, 3.8) is 0 Å². The smallest absolute Gasteiger partial charge is 0.407 e. The fourth-order valence-corrected chi connectivity index (χ4v) is 6.99. The summed E-state index contributed by atoms with van der Waals surface area (Å²) in [7, 11) is 0. The first-order chi connectivity index (χ1) is 25.2. The Morgan fingerprint density at radius 1 is 1.06 bits per heavy atom. The van der Waals surface area contributed by atoms with E-state index in [1.165, 1.54) is 11.1 Å². The number of carboxylic acids is 1. The van der Waals surface area contributed by atoms with Gasteiger partial charge in [-0.15, -0.1) is 0 Å². The lowest BCUT2D eigenvalue weighted by atomic mass is 9.93. The van der Waals surface area contributed by atoms with Gasteiger partial charge in [-0.1, -0.05) is 61.9 Å². The van der Waals surface area contributed by atoms with Crippen molar-refractivity contribution in [2.45, 2.75) is 70.4 Å². The number of nitrogens with one attached hydrogen (secondary N) is 4. The number of anilines is 2. The number of amides is 2. The van der Waals surface area contributed by atoms with Crippen LogP contribution >= 0.6 is 0 Å². The number of hydrogen-bond donors (Lipinski definition) is 6. The van der Waals surface area contributed by atoms with Gasteiger partial charge < -0.3 is 36.5 Å². The van der Waals surface area contributed by atoms with E-state index in [1.807, 2.05) is 36.4 Å². The number of imidazole rings is 1. The number of nitrogen functional groups attached to an aromatic ring is 1. The van der Waals surface area contributed by atoms with E-state index >= 15 is 0 Å². The predicted octanol–water partition coefficient (Wildman–Crippen LogP) is 6.15. The number of alkyl carbamates (subject to hydrolysis) is 1. The number of nitrogens with two attached hydrogens (primary N) is 1. The number of hydrogen-bond acceptors (Lipinski definition) is 7. The Kier molecular flexibility index (Phi) is 11.4. The number of carbonyl (C=O) groups is 3. The monoisotopic (exact) mass is 706 g/mol. The van der Waals surface area contributed by atoms with Crippen LogP contribution in [0.3, 0.4) is 0 Å². The van der Waals surface area contributed by atoms with Gasteiger partial charge in [0.2, 0.25) is 0 Å². The molecule has 6 rings (SSSR count). The minimum Gasteiger partial charge on any atom is -0.480 e. The largest absolute Gasteiger partial charge is 0.480 e. The summed E-state index contributed by atoms with van der Waals surface area (Å²) in [5.41, 5.74) is 14.7. The predicted molar refractivity (Wildman–Crippen MR) is 202 cm³/mol. The normalized spacial score (nSPS) is 15.2. The Labute approximate surface area is 302 Å². The molecular formula is C40H46N6O6. The molecule has 4 aromatic rings. The second-order valence-corrected chi connectivity index (χ2v) is 13.4. The third-order valence-corrected chi connectivity index (χ3v) is 9.75. The molecule has 0 fully saturated rings. The molecule has 2 amide bonds. The number of ether oxygens (including phenoxy) is 1. The first kappa shape index (κ1) is 36.0. The maximum Gasteiger partial charge on any atom is 0.407 e. The number of benzene rings is 3. The van der Waals surface area contributed by atoms with Gasteiger partial charge in [0.1, 0.15) is 12.6 Å². The van der Waals surface area contributed by atoms with Gasteiger partial charge in [-0.2, -0.15) is 0 Å². The molecule has 52 heavy (non-hydrogen) atoms. The second-order valence-electron chi connectivity index (χ2n) is 13.4. The number of carboxylic acid groups (broad SMARTS) is 1. The van der Waals surface area contributed by atoms with Gasteiger partial charge in [0.05, 0.1) is 23.3 Å². The molecular weight excluding hydrogens is 660 g/mol. The van der Waals surface area contributed by atoms with Crippen LogP contribution in [0.4, 0.5) is 16.2 Å². The summed E-state index contributed by atoms with van der Waals surface area (Å²) in [6.45, 7) is 3.70. The fraction of sp³-hybridized carbons (Fsp3) is 0.350. The van der Waals surface area contributed by atoms with Crippen molar-refractivity contribution in [1.29, 1.82) is 0 Å². The average molecular weight is 707 g/mol. The van der Waals surface area contributed by atoms with E-state index in [9.17, 15) is 24.3 Å². The molecule has 1 aromatic heterocycles. The molecule has 2 aliphatic rings. The van der Waals surface area contributed by atoms with E-state index < -0.39 is 18.1 Å². The van der Waals surface area contributed by atoms with Crippen LogP contribution < -0.4 is 27.4 Å². The van der Waals surface area contributed by atoms with E-state index in [4.69, 9.17) is 10.5 Å². The molecule has 12 heteroatoms. The Morgan fingerprint density at radius 2 is 1.87 bits per heavy atom. The summed E-state index contributed by atoms with van der Waals surface area (Å²) >= 11 is 0. The third-order valence-electron chi connectivity index (χ3n) is 9.75. The number of unbranched alkanes of at least 4 members (excludes halogenated alkanes) is 2. The summed E-state index contributed by atoms with van der Waals surface area (Å²) in [6, 6.07) is 17.8. The first-order valence-corrected chi connectivity index (χ1v) is 18.0. The lowest BCUT2D eigenvalue weighted by Crippen LogP contribution is -2.41. The van der Waals surface area contributed by atoms with Crippen molar-refractivity contribution >= 4 is 46.0 Å². The maximum absolute atomic E-state index is 12.8. The number of allylic oxidation sites excluding steroid dienone is 3. The Balaban J connectivity index is 0.947. The van der Waals surface area contributed by atoms with E-state index in [0.717, 1.165) is 54.6 Å². The highest BCUT2D eigenvalue weighted by molar-refractivity contribution is 5.94. The van der Waals surface area contributed by atoms with E-state index in [0.29, 0.717) is 48.2 Å². The zero-order valence-corrected chi connectivity index (χ0v) is 29.4. The highest BCUT2D eigenvalue weighted by Gasteiger charge is 2.32. The van der Waals surface area contributed by atoms with E-state index in [1.54, 1.807) is 16.7 Å². The second kappa shape index (κ2) is 16.5. The van der Waals surface area contributed by atoms with E-state index in [-0.39, 0.29) is 30.5 Å². The minimum atomic E-state index is -1.14. The summed E-state index contributed by atoms with van der Waals surface area (Å²) in [6.07, 6.45) is 8.66. The number of aromatic amines is 1. The highest BCUT2D eigenvalue weighted by atomic mass is 16.5. The maximum atomic E-state index is 12.8. The van der Waals surface area contributed by atoms with Crippen molar-refractivity contribution < 1.29 is 24.2 Å². The highest BCUT2D eigenvalue weighted by Crippen LogP contribution is 2.46. The van der Waals surface area contributed by atoms with Crippen molar-refractivity contribution in [1.82, 2.24) is 20.2 Å². The molecule has 3 aromatic carbocycles. The van der Waals surface area contributed by atoms with Gasteiger partial charge in [-0.05, 0) is 90.6 Å². The molecule has 1 heterocycles. The average Bonchev–Trinajstić information content (AvgIpc) is 3.64. The van der Waals surface area contributed by atoms with Crippen molar-refractivity contribution in [3.05, 3.63) is 111 Å². The van der Waals surface area contributed by atoms with Crippen LogP contribution in [0.5, 0.6) is 0 Å². The standard InChI is InChI=1S/C40H46N6O6/c1-2-3-19-42-27-21-33(41)36-35(22-27)46(39(50)45-36)23-25-15-17-26(18-16-25)37(47)43-20-9-8-14-34(38(48)49)44-40(51)52-24-32-30-12-6-4-10-28(30)29-11-5-7-13-31(29)32/h4,6-7,10,12-13,15-18,21-22,32,34,42H,2-3,5,8-9,11,14,19-20,23-24,41H2,1H3,(H,43,47)(H,44,51)(H,45,50)(H,48,49)/t32?,34-/m0/s1. The Bertz CT molecular complexity index is 2060. The fourth-order valence-electron chi connectivity index (χ4n) is 6.99. The lowest BCUT2D eigenvalue weighted by Gasteiger charge is -2.18. The molecule has 0 radical (unpaired) electrons. The number of H-pyrrole nitrogens is 1. The van der Waals surface area contributed by atoms with Gasteiger partial charge in [0, 0.05) is 30.3 Å². The van der Waals surface area contributed by atoms with Crippen LogP contribution in [0.1, 0.15) is 84.8 Å². The summed E-state index contributed by atoms with van der Waals surface area (Å²) < 4.78 is 7.17. The van der Waals surface area contributed by atoms with Crippen LogP contribution in [0.25, 0.3) is 16.6 Å². The summed E-state index contributed by atoms with van der Waals surface area (Å²) in [5, 5.41) is 18.5. The lowest BCUT2D eigenvalue weighted by molar-refractivity contribution is -0.139. The van der Waals surface area contributed by atoms with Gasteiger partial charge in [0.15, 0.2) is 0 Å². The van der Waals surface area contributed by atoms with Gasteiger partial charge in [-0.25, -0.2) is 14.4 Å². The number of nitrogens with zero attached hydrogens (tertiary/aromatic N) is 1. The third kappa shape index (κ3) is 8.22. The molecule has 7 N–H and O–H groups in total. The zero-order chi connectivity index (χ0) is 36.6. The van der Waals surface area contributed by atoms with Gasteiger partial charge >= 0.3 is 17.8 Å². The summed E-state index contributed by atoms with van der Waals surface area (Å²) in [5.74, 6) is -1.48. The first-order valence-electron chi connectivity index (χ1n) is 18.0. The van der Waals surface area contributed by atoms with Gasteiger partial charge in [0.25, 0.3) is 5.91 Å². The Hall–Kier alpha value is -5.78. The molecule has 0 aliphatic heterocycles. The molecule has 0 bridgehead atoms. The van der Waals surface area contributed by atoms with Gasteiger partial charge in [-0.3, -0.25) is 9.36 Å². The number of rotatable bonds is 16.